The van der Waals surface area contributed by atoms with Gasteiger partial charge in [0.2, 0.25) is 0 Å². The normalized spacial score (nSPS) is 13.0. The van der Waals surface area contributed by atoms with Crippen LogP contribution >= 0.6 is 11.6 Å². The van der Waals surface area contributed by atoms with Crippen molar-refractivity contribution < 1.29 is 19.0 Å². The van der Waals surface area contributed by atoms with Crippen LogP contribution in [0, 0.1) is 0 Å². The van der Waals surface area contributed by atoms with E-state index in [0.717, 1.165) is 12.1 Å². The fourth-order valence-electron chi connectivity index (χ4n) is 2.82. The van der Waals surface area contributed by atoms with Crippen LogP contribution in [-0.2, 0) is 14.3 Å². The van der Waals surface area contributed by atoms with Crippen LogP contribution in [0.15, 0.2) is 48.5 Å². The van der Waals surface area contributed by atoms with Crippen LogP contribution in [0.2, 0.25) is 5.02 Å². The van der Waals surface area contributed by atoms with Gasteiger partial charge < -0.3 is 19.5 Å². The second-order valence-corrected chi connectivity index (χ2v) is 6.93. The molecule has 2 aromatic carbocycles. The highest BCUT2D eigenvalue weighted by Crippen LogP contribution is 2.22. The summed E-state index contributed by atoms with van der Waals surface area (Å²) in [4.78, 5) is 11.1. The van der Waals surface area contributed by atoms with Crippen molar-refractivity contribution >= 4 is 17.6 Å². The Morgan fingerprint density at radius 3 is 2.50 bits per heavy atom. The van der Waals surface area contributed by atoms with Gasteiger partial charge >= 0.3 is 5.97 Å². The molecule has 152 valence electrons. The van der Waals surface area contributed by atoms with E-state index in [1.165, 1.54) is 12.7 Å². The van der Waals surface area contributed by atoms with Gasteiger partial charge in [0, 0.05) is 24.7 Å². The third-order valence-electron chi connectivity index (χ3n) is 4.40. The van der Waals surface area contributed by atoms with Crippen molar-refractivity contribution in [2.24, 2.45) is 0 Å². The lowest BCUT2D eigenvalue weighted by Crippen LogP contribution is -2.27. The van der Waals surface area contributed by atoms with E-state index in [-0.39, 0.29) is 12.7 Å². The second-order valence-electron chi connectivity index (χ2n) is 6.49. The first-order chi connectivity index (χ1) is 13.5. The molecule has 2 atom stereocenters. The van der Waals surface area contributed by atoms with Crippen LogP contribution in [0.4, 0.5) is 0 Å². The number of nitrogens with one attached hydrogen (secondary N) is 1. The first-order valence-corrected chi connectivity index (χ1v) is 9.78. The number of methoxy groups -OCH3 is 1. The summed E-state index contributed by atoms with van der Waals surface area (Å²) in [6.45, 7) is 6.22. The first kappa shape index (κ1) is 22.2. The Labute approximate surface area is 171 Å². The number of ether oxygens (including phenoxy) is 3. The number of halogens is 1. The minimum Gasteiger partial charge on any atom is -0.482 e. The lowest BCUT2D eigenvalue weighted by molar-refractivity contribution is -0.142. The predicted molar refractivity (Wildman–Crippen MR) is 111 cm³/mol. The molecule has 28 heavy (non-hydrogen) atoms. The fraction of sp³-hybridized carbons (Fsp3) is 0.409. The second kappa shape index (κ2) is 11.7. The van der Waals surface area contributed by atoms with E-state index in [2.05, 4.69) is 17.0 Å². The summed E-state index contributed by atoms with van der Waals surface area (Å²) in [7, 11) is 1.34. The van der Waals surface area contributed by atoms with Gasteiger partial charge in [-0.1, -0.05) is 42.8 Å². The number of hydrogen-bond acceptors (Lipinski definition) is 5. The van der Waals surface area contributed by atoms with Crippen molar-refractivity contribution in [3.05, 3.63) is 64.7 Å². The van der Waals surface area contributed by atoms with Crippen molar-refractivity contribution in [3.8, 4) is 5.75 Å². The van der Waals surface area contributed by atoms with Crippen molar-refractivity contribution in [2.45, 2.75) is 25.9 Å². The van der Waals surface area contributed by atoms with E-state index in [1.54, 1.807) is 0 Å². The monoisotopic (exact) mass is 405 g/mol. The number of carbonyl (C=O) groups is 1. The Balaban J connectivity index is 1.84. The van der Waals surface area contributed by atoms with Gasteiger partial charge in [-0.3, -0.25) is 0 Å². The van der Waals surface area contributed by atoms with Gasteiger partial charge in [-0.05, 0) is 48.2 Å². The topological polar surface area (TPSA) is 56.8 Å². The van der Waals surface area contributed by atoms with E-state index in [1.807, 2.05) is 55.5 Å². The van der Waals surface area contributed by atoms with Crippen LogP contribution in [-0.4, -0.2) is 39.4 Å². The molecule has 0 saturated carbocycles. The van der Waals surface area contributed by atoms with E-state index in [4.69, 9.17) is 21.1 Å². The predicted octanol–water partition coefficient (Wildman–Crippen LogP) is 4.36. The molecule has 0 radical (unpaired) electrons. The van der Waals surface area contributed by atoms with Gasteiger partial charge in [0.05, 0.1) is 13.2 Å². The number of carbonyl (C=O) groups excluding carboxylic acids is 1. The zero-order valence-corrected chi connectivity index (χ0v) is 17.4. The molecular formula is C22H28ClNO4. The molecule has 0 heterocycles. The molecule has 0 aliphatic heterocycles. The number of hydrogen-bond donors (Lipinski definition) is 1. The number of esters is 1. The summed E-state index contributed by atoms with van der Waals surface area (Å²) in [6.07, 6.45) is -0.0370. The Morgan fingerprint density at radius 2 is 1.86 bits per heavy atom. The van der Waals surface area contributed by atoms with Gasteiger partial charge in [-0.2, -0.15) is 0 Å². The molecule has 0 amide bonds. The Morgan fingerprint density at radius 1 is 1.11 bits per heavy atom. The molecule has 2 aromatic rings. The lowest BCUT2D eigenvalue weighted by atomic mass is 10.0. The molecule has 2 unspecified atom stereocenters. The molecule has 0 saturated heterocycles. The molecule has 0 aliphatic rings. The highest BCUT2D eigenvalue weighted by atomic mass is 35.5. The molecule has 0 aliphatic carbocycles. The molecule has 0 bridgehead atoms. The van der Waals surface area contributed by atoms with E-state index < -0.39 is 5.97 Å². The van der Waals surface area contributed by atoms with Gasteiger partial charge in [0.1, 0.15) is 5.75 Å². The third-order valence-corrected chi connectivity index (χ3v) is 4.64. The van der Waals surface area contributed by atoms with Gasteiger partial charge in [0.25, 0.3) is 0 Å². The third kappa shape index (κ3) is 7.15. The summed E-state index contributed by atoms with van der Waals surface area (Å²) in [5.41, 5.74) is 2.26. The van der Waals surface area contributed by atoms with Gasteiger partial charge in [-0.15, -0.1) is 0 Å². The Bertz CT molecular complexity index is 736. The molecule has 5 nitrogen and oxygen atoms in total. The largest absolute Gasteiger partial charge is 0.482 e. The SMILES string of the molecule is CCOC(CNCC(C)c1ccc(OCC(=O)OC)cc1)c1cccc(Cl)c1. The molecule has 0 aromatic heterocycles. The first-order valence-electron chi connectivity index (χ1n) is 9.40. The van der Waals surface area contributed by atoms with Crippen LogP contribution < -0.4 is 10.1 Å². The smallest absolute Gasteiger partial charge is 0.343 e. The Hall–Kier alpha value is -2.08. The minimum atomic E-state index is -0.398. The molecule has 6 heteroatoms. The summed E-state index contributed by atoms with van der Waals surface area (Å²) < 4.78 is 15.8. The molecule has 0 spiro atoms. The highest BCUT2D eigenvalue weighted by molar-refractivity contribution is 6.30. The van der Waals surface area contributed by atoms with Crippen LogP contribution in [0.5, 0.6) is 5.75 Å². The molecule has 2 rings (SSSR count). The number of benzene rings is 2. The maximum absolute atomic E-state index is 11.1. The fourth-order valence-corrected chi connectivity index (χ4v) is 3.02. The minimum absolute atomic E-state index is 0.0370. The standard InChI is InChI=1S/C22H28ClNO4/c1-4-27-21(18-6-5-7-19(23)12-18)14-24-13-16(2)17-8-10-20(11-9-17)28-15-22(25)26-3/h5-12,16,21,24H,4,13-15H2,1-3H3. The quantitative estimate of drug-likeness (QED) is 0.563. The maximum atomic E-state index is 11.1. The Kier molecular flexibility index (Phi) is 9.28. The number of rotatable bonds is 11. The van der Waals surface area contributed by atoms with Crippen molar-refractivity contribution in [2.75, 3.05) is 33.4 Å². The zero-order chi connectivity index (χ0) is 20.4. The van der Waals surface area contributed by atoms with E-state index in [0.29, 0.717) is 29.8 Å². The molecule has 0 fully saturated rings. The van der Waals surface area contributed by atoms with Crippen molar-refractivity contribution in [3.63, 3.8) is 0 Å². The van der Waals surface area contributed by atoms with E-state index in [9.17, 15) is 4.79 Å². The molecular weight excluding hydrogens is 378 g/mol. The van der Waals surface area contributed by atoms with E-state index >= 15 is 0 Å². The van der Waals surface area contributed by atoms with Gasteiger partial charge in [-0.25, -0.2) is 4.79 Å². The lowest BCUT2D eigenvalue weighted by Gasteiger charge is -2.20. The highest BCUT2D eigenvalue weighted by Gasteiger charge is 2.13. The average Bonchev–Trinajstić information content (AvgIpc) is 2.71. The molecule has 1 N–H and O–H groups in total. The zero-order valence-electron chi connectivity index (χ0n) is 16.6. The summed E-state index contributed by atoms with van der Waals surface area (Å²) >= 11 is 6.10. The summed E-state index contributed by atoms with van der Waals surface area (Å²) in [6, 6.07) is 15.5. The average molecular weight is 406 g/mol. The summed E-state index contributed by atoms with van der Waals surface area (Å²) in [5.74, 6) is 0.563. The van der Waals surface area contributed by atoms with Crippen molar-refractivity contribution in [1.29, 1.82) is 0 Å². The van der Waals surface area contributed by atoms with Gasteiger partial charge in [0.15, 0.2) is 6.61 Å². The maximum Gasteiger partial charge on any atom is 0.343 e. The van der Waals surface area contributed by atoms with Crippen molar-refractivity contribution in [1.82, 2.24) is 5.32 Å². The van der Waals surface area contributed by atoms with Crippen LogP contribution in [0.1, 0.15) is 37.0 Å². The summed E-state index contributed by atoms with van der Waals surface area (Å²) in [5, 5.41) is 4.20. The van der Waals surface area contributed by atoms with Crippen LogP contribution in [0.25, 0.3) is 0 Å². The van der Waals surface area contributed by atoms with Crippen LogP contribution in [0.3, 0.4) is 0 Å².